The van der Waals surface area contributed by atoms with Gasteiger partial charge in [-0.2, -0.15) is 0 Å². The fourth-order valence-corrected chi connectivity index (χ4v) is 2.57. The molecule has 2 aromatic heterocycles. The molecule has 20 heavy (non-hydrogen) atoms. The highest BCUT2D eigenvalue weighted by Crippen LogP contribution is 2.15. The number of likely N-dealkylation sites (N-methyl/N-ethyl adjacent to an activating group) is 1. The fourth-order valence-electron chi connectivity index (χ4n) is 1.71. The standard InChI is InChI=1S/C13H18N4O2S/c1-8-5-12(19-16-8)15-13(18)9(2)17(4)7-11-6-14-10(3)20-11/h5-6,9H,7H2,1-4H3,(H,15,18). The lowest BCUT2D eigenvalue weighted by molar-refractivity contribution is -0.120. The molecule has 0 saturated carbocycles. The van der Waals surface area contributed by atoms with Crippen molar-refractivity contribution < 1.29 is 9.32 Å². The maximum atomic E-state index is 12.1. The first-order valence-corrected chi connectivity index (χ1v) is 7.13. The Bertz CT molecular complexity index is 593. The minimum Gasteiger partial charge on any atom is -0.338 e. The van der Waals surface area contributed by atoms with Crippen LogP contribution in [0.5, 0.6) is 0 Å². The highest BCUT2D eigenvalue weighted by atomic mass is 32.1. The first-order chi connectivity index (χ1) is 9.45. The van der Waals surface area contributed by atoms with Crippen LogP contribution in [0.2, 0.25) is 0 Å². The zero-order valence-electron chi connectivity index (χ0n) is 12.0. The largest absolute Gasteiger partial charge is 0.338 e. The minimum atomic E-state index is -0.275. The van der Waals surface area contributed by atoms with Crippen LogP contribution in [0.4, 0.5) is 5.88 Å². The number of rotatable bonds is 5. The molecule has 0 aliphatic rings. The number of carbonyl (C=O) groups excluding carboxylic acids is 1. The van der Waals surface area contributed by atoms with Crippen molar-refractivity contribution in [2.24, 2.45) is 0 Å². The Morgan fingerprint density at radius 2 is 2.30 bits per heavy atom. The van der Waals surface area contributed by atoms with Crippen molar-refractivity contribution in [3.8, 4) is 0 Å². The molecule has 0 aromatic carbocycles. The number of aromatic nitrogens is 2. The van der Waals surface area contributed by atoms with E-state index in [1.165, 1.54) is 0 Å². The molecule has 0 aliphatic carbocycles. The molecule has 0 bridgehead atoms. The molecule has 0 saturated heterocycles. The molecule has 1 amide bonds. The second-order valence-corrected chi connectivity index (χ2v) is 6.08. The van der Waals surface area contributed by atoms with E-state index in [9.17, 15) is 4.79 Å². The van der Waals surface area contributed by atoms with E-state index >= 15 is 0 Å². The SMILES string of the molecule is Cc1cc(NC(=O)C(C)N(C)Cc2cnc(C)s2)on1. The maximum absolute atomic E-state index is 12.1. The van der Waals surface area contributed by atoms with Crippen LogP contribution in [0.1, 0.15) is 22.5 Å². The Hall–Kier alpha value is -1.73. The van der Waals surface area contributed by atoms with Crippen LogP contribution in [0.25, 0.3) is 0 Å². The number of anilines is 1. The summed E-state index contributed by atoms with van der Waals surface area (Å²) in [5.74, 6) is 0.256. The van der Waals surface area contributed by atoms with Gasteiger partial charge in [0, 0.05) is 23.7 Å². The van der Waals surface area contributed by atoms with Crippen molar-refractivity contribution in [1.82, 2.24) is 15.0 Å². The summed E-state index contributed by atoms with van der Waals surface area (Å²) >= 11 is 1.64. The van der Waals surface area contributed by atoms with Gasteiger partial charge in [0.1, 0.15) is 0 Å². The number of nitrogens with one attached hydrogen (secondary N) is 1. The van der Waals surface area contributed by atoms with Crippen LogP contribution in [0.15, 0.2) is 16.8 Å². The molecule has 108 valence electrons. The van der Waals surface area contributed by atoms with Crippen LogP contribution in [0.3, 0.4) is 0 Å². The van der Waals surface area contributed by atoms with Gasteiger partial charge in [0.25, 0.3) is 0 Å². The average molecular weight is 294 g/mol. The summed E-state index contributed by atoms with van der Waals surface area (Å²) in [6, 6.07) is 1.42. The van der Waals surface area contributed by atoms with Gasteiger partial charge in [-0.15, -0.1) is 11.3 Å². The topological polar surface area (TPSA) is 71.3 Å². The third-order valence-corrected chi connectivity index (χ3v) is 3.89. The third-order valence-electron chi connectivity index (χ3n) is 2.99. The smallest absolute Gasteiger partial charge is 0.243 e. The van der Waals surface area contributed by atoms with E-state index in [-0.39, 0.29) is 11.9 Å². The van der Waals surface area contributed by atoms with E-state index in [1.807, 2.05) is 32.0 Å². The van der Waals surface area contributed by atoms with E-state index in [0.29, 0.717) is 12.4 Å². The molecule has 0 aliphatic heterocycles. The zero-order valence-corrected chi connectivity index (χ0v) is 12.8. The average Bonchev–Trinajstić information content (AvgIpc) is 2.97. The molecule has 0 spiro atoms. The summed E-state index contributed by atoms with van der Waals surface area (Å²) in [6.45, 7) is 6.32. The second-order valence-electron chi connectivity index (χ2n) is 4.76. The fraction of sp³-hybridized carbons (Fsp3) is 0.462. The van der Waals surface area contributed by atoms with Gasteiger partial charge in [-0.1, -0.05) is 5.16 Å². The quantitative estimate of drug-likeness (QED) is 0.915. The van der Waals surface area contributed by atoms with E-state index in [4.69, 9.17) is 4.52 Å². The first-order valence-electron chi connectivity index (χ1n) is 6.31. The molecule has 1 unspecified atom stereocenters. The van der Waals surface area contributed by atoms with Crippen molar-refractivity contribution >= 4 is 23.1 Å². The number of hydrogen-bond donors (Lipinski definition) is 1. The van der Waals surface area contributed by atoms with Crippen LogP contribution in [0, 0.1) is 13.8 Å². The predicted molar refractivity (Wildman–Crippen MR) is 77.6 cm³/mol. The Morgan fingerprint density at radius 3 is 2.85 bits per heavy atom. The molecular formula is C13H18N4O2S. The number of thiazole rings is 1. The van der Waals surface area contributed by atoms with Crippen LogP contribution in [-0.4, -0.2) is 34.0 Å². The Labute approximate surface area is 121 Å². The Morgan fingerprint density at radius 1 is 1.55 bits per heavy atom. The second kappa shape index (κ2) is 6.15. The number of carbonyl (C=O) groups is 1. The lowest BCUT2D eigenvalue weighted by atomic mass is 10.2. The van der Waals surface area contributed by atoms with Crippen molar-refractivity contribution in [2.75, 3.05) is 12.4 Å². The number of aryl methyl sites for hydroxylation is 2. The summed E-state index contributed by atoms with van der Waals surface area (Å²) in [5.41, 5.74) is 0.737. The normalized spacial score (nSPS) is 12.7. The predicted octanol–water partition coefficient (Wildman–Crippen LogP) is 2.21. The monoisotopic (exact) mass is 294 g/mol. The van der Waals surface area contributed by atoms with E-state index in [2.05, 4.69) is 15.5 Å². The van der Waals surface area contributed by atoms with Gasteiger partial charge in [-0.25, -0.2) is 4.98 Å². The van der Waals surface area contributed by atoms with Gasteiger partial charge in [0.05, 0.1) is 16.7 Å². The van der Waals surface area contributed by atoms with Crippen molar-refractivity contribution in [3.05, 3.63) is 27.8 Å². The number of hydrogen-bond acceptors (Lipinski definition) is 6. The molecule has 2 heterocycles. The van der Waals surface area contributed by atoms with Gasteiger partial charge < -0.3 is 4.52 Å². The van der Waals surface area contributed by atoms with E-state index < -0.39 is 0 Å². The molecule has 1 N–H and O–H groups in total. The first kappa shape index (κ1) is 14.7. The summed E-state index contributed by atoms with van der Waals surface area (Å²) < 4.78 is 4.98. The highest BCUT2D eigenvalue weighted by molar-refractivity contribution is 7.11. The molecular weight excluding hydrogens is 276 g/mol. The number of nitrogens with zero attached hydrogens (tertiary/aromatic N) is 3. The van der Waals surface area contributed by atoms with E-state index in [1.54, 1.807) is 24.3 Å². The lowest BCUT2D eigenvalue weighted by Gasteiger charge is -2.22. The number of amides is 1. The molecule has 6 nitrogen and oxygen atoms in total. The Kier molecular flexibility index (Phi) is 4.51. The Balaban J connectivity index is 1.92. The zero-order chi connectivity index (χ0) is 14.7. The maximum Gasteiger partial charge on any atom is 0.243 e. The van der Waals surface area contributed by atoms with Crippen molar-refractivity contribution in [1.29, 1.82) is 0 Å². The van der Waals surface area contributed by atoms with Crippen molar-refractivity contribution in [3.63, 3.8) is 0 Å². The summed E-state index contributed by atoms with van der Waals surface area (Å²) in [4.78, 5) is 19.4. The third kappa shape index (κ3) is 3.64. The molecule has 0 fully saturated rings. The van der Waals surface area contributed by atoms with Crippen molar-refractivity contribution in [2.45, 2.75) is 33.4 Å². The van der Waals surface area contributed by atoms with Gasteiger partial charge in [-0.3, -0.25) is 15.0 Å². The summed E-state index contributed by atoms with van der Waals surface area (Å²) in [6.07, 6.45) is 1.85. The van der Waals surface area contributed by atoms with E-state index in [0.717, 1.165) is 15.6 Å². The molecule has 7 heteroatoms. The molecule has 2 aromatic rings. The van der Waals surface area contributed by atoms with Gasteiger partial charge in [-0.05, 0) is 27.8 Å². The molecule has 2 rings (SSSR count). The summed E-state index contributed by atoms with van der Waals surface area (Å²) in [7, 11) is 1.91. The van der Waals surface area contributed by atoms with Crippen LogP contribution in [-0.2, 0) is 11.3 Å². The van der Waals surface area contributed by atoms with Gasteiger partial charge >= 0.3 is 0 Å². The van der Waals surface area contributed by atoms with Gasteiger partial charge in [0.15, 0.2) is 0 Å². The molecule has 0 radical (unpaired) electrons. The highest BCUT2D eigenvalue weighted by Gasteiger charge is 2.20. The summed E-state index contributed by atoms with van der Waals surface area (Å²) in [5, 5.41) is 7.48. The van der Waals surface area contributed by atoms with Crippen LogP contribution < -0.4 is 5.32 Å². The lowest BCUT2D eigenvalue weighted by Crippen LogP contribution is -2.38. The molecule has 1 atom stereocenters. The minimum absolute atomic E-state index is 0.120. The van der Waals surface area contributed by atoms with Crippen LogP contribution >= 0.6 is 11.3 Å². The van der Waals surface area contributed by atoms with Gasteiger partial charge in [0.2, 0.25) is 11.8 Å².